The van der Waals surface area contributed by atoms with Gasteiger partial charge in [-0.2, -0.15) is 0 Å². The summed E-state index contributed by atoms with van der Waals surface area (Å²) < 4.78 is 5.47. The van der Waals surface area contributed by atoms with E-state index in [-0.39, 0.29) is 25.5 Å². The molecule has 0 fully saturated rings. The maximum atomic E-state index is 12.2. The fourth-order valence-corrected chi connectivity index (χ4v) is 4.35. The minimum atomic E-state index is -1.21. The van der Waals surface area contributed by atoms with Gasteiger partial charge in [-0.1, -0.05) is 60.1 Å². The second-order valence-electron chi connectivity index (χ2n) is 7.83. The normalized spacial score (nSPS) is 14.3. The van der Waals surface area contributed by atoms with E-state index in [0.29, 0.717) is 16.3 Å². The maximum absolute atomic E-state index is 12.2. The van der Waals surface area contributed by atoms with Crippen LogP contribution in [0.15, 0.2) is 66.7 Å². The summed E-state index contributed by atoms with van der Waals surface area (Å²) in [6.45, 7) is 0.346. The van der Waals surface area contributed by atoms with E-state index in [2.05, 4.69) is 29.6 Å². The van der Waals surface area contributed by atoms with Gasteiger partial charge in [-0.25, -0.2) is 4.79 Å². The topological polar surface area (TPSA) is 105 Å². The zero-order valence-electron chi connectivity index (χ0n) is 17.4. The number of halogens is 1. The highest BCUT2D eigenvalue weighted by atomic mass is 35.5. The quantitative estimate of drug-likeness (QED) is 0.401. The lowest BCUT2D eigenvalue weighted by atomic mass is 9.98. The number of hydrogen-bond donors (Lipinski definition) is 4. The van der Waals surface area contributed by atoms with Gasteiger partial charge >= 0.3 is 6.09 Å². The molecule has 0 saturated carbocycles. The van der Waals surface area contributed by atoms with Gasteiger partial charge in [0.05, 0.1) is 6.10 Å². The summed E-state index contributed by atoms with van der Waals surface area (Å²) in [7, 11) is 0. The van der Waals surface area contributed by atoms with Crippen LogP contribution in [0.5, 0.6) is 0 Å². The fraction of sp³-hybridized carbons (Fsp3) is 0.240. The zero-order chi connectivity index (χ0) is 22.7. The Kier molecular flexibility index (Phi) is 6.65. The van der Waals surface area contributed by atoms with Crippen LogP contribution in [-0.2, 0) is 4.74 Å². The first-order valence-electron chi connectivity index (χ1n) is 10.5. The molecule has 3 aromatic rings. The van der Waals surface area contributed by atoms with Crippen molar-refractivity contribution in [2.24, 2.45) is 0 Å². The minimum Gasteiger partial charge on any atom is -0.449 e. The van der Waals surface area contributed by atoms with Crippen molar-refractivity contribution in [2.45, 2.75) is 24.5 Å². The van der Waals surface area contributed by atoms with Gasteiger partial charge in [0, 0.05) is 28.7 Å². The van der Waals surface area contributed by atoms with Crippen LogP contribution in [-0.4, -0.2) is 35.6 Å². The number of aliphatic hydroxyl groups excluding tert-OH is 2. The molecule has 0 bridgehead atoms. The van der Waals surface area contributed by atoms with Crippen molar-refractivity contribution in [1.82, 2.24) is 5.32 Å². The number of carbonyl (C=O) groups is 1. The van der Waals surface area contributed by atoms with Crippen molar-refractivity contribution < 1.29 is 19.7 Å². The van der Waals surface area contributed by atoms with Crippen LogP contribution in [0.3, 0.4) is 0 Å². The number of alkyl carbamates (subject to hydrolysis) is 1. The van der Waals surface area contributed by atoms with E-state index in [9.17, 15) is 15.0 Å². The van der Waals surface area contributed by atoms with Crippen LogP contribution in [0, 0.1) is 0 Å². The van der Waals surface area contributed by atoms with Crippen molar-refractivity contribution in [3.63, 3.8) is 0 Å². The molecule has 32 heavy (non-hydrogen) atoms. The number of aliphatic hydroxyl groups is 2. The highest BCUT2D eigenvalue weighted by Crippen LogP contribution is 2.44. The number of nitrogens with two attached hydrogens (primary N) is 1. The Hall–Kier alpha value is -3.06. The Balaban J connectivity index is 1.29. The molecule has 2 unspecified atom stereocenters. The van der Waals surface area contributed by atoms with Crippen molar-refractivity contribution >= 4 is 23.4 Å². The number of amides is 1. The molecule has 0 aromatic heterocycles. The largest absolute Gasteiger partial charge is 0.449 e. The third kappa shape index (κ3) is 4.58. The van der Waals surface area contributed by atoms with E-state index in [1.54, 1.807) is 12.1 Å². The Bertz CT molecular complexity index is 1080. The molecular formula is C25H25ClN2O4. The van der Waals surface area contributed by atoms with E-state index in [4.69, 9.17) is 22.1 Å². The first-order valence-corrected chi connectivity index (χ1v) is 10.8. The van der Waals surface area contributed by atoms with Crippen molar-refractivity contribution in [2.75, 3.05) is 18.9 Å². The van der Waals surface area contributed by atoms with E-state index < -0.39 is 18.3 Å². The van der Waals surface area contributed by atoms with E-state index >= 15 is 0 Å². The first kappa shape index (κ1) is 22.1. The summed E-state index contributed by atoms with van der Waals surface area (Å²) in [6.07, 6.45) is -2.79. The van der Waals surface area contributed by atoms with E-state index in [0.717, 1.165) is 22.3 Å². The number of fused-ring (bicyclic) bond motifs is 3. The second-order valence-corrected chi connectivity index (χ2v) is 8.24. The predicted octanol–water partition coefficient (Wildman–Crippen LogP) is 4.25. The molecule has 1 amide bonds. The summed E-state index contributed by atoms with van der Waals surface area (Å²) in [6, 6.07) is 20.9. The summed E-state index contributed by atoms with van der Waals surface area (Å²) >= 11 is 6.08. The maximum Gasteiger partial charge on any atom is 0.407 e. The molecule has 0 spiro atoms. The van der Waals surface area contributed by atoms with Crippen LogP contribution in [0.25, 0.3) is 11.1 Å². The molecular weight excluding hydrogens is 428 g/mol. The number of hydrogen-bond acceptors (Lipinski definition) is 5. The molecule has 0 saturated heterocycles. The van der Waals surface area contributed by atoms with Gasteiger partial charge in [0.25, 0.3) is 0 Å². The molecule has 6 nitrogen and oxygen atoms in total. The lowest BCUT2D eigenvalue weighted by Crippen LogP contribution is -2.30. The van der Waals surface area contributed by atoms with Gasteiger partial charge in [0.1, 0.15) is 12.7 Å². The van der Waals surface area contributed by atoms with Gasteiger partial charge in [-0.15, -0.1) is 0 Å². The Morgan fingerprint density at radius 3 is 2.31 bits per heavy atom. The SMILES string of the molecule is Nc1ccc(Cl)c(C(O)C(O)CCNC(=O)OCC2c3ccccc3-c3ccccc32)c1. The number of rotatable bonds is 7. The highest BCUT2D eigenvalue weighted by Gasteiger charge is 2.29. The first-order chi connectivity index (χ1) is 15.5. The minimum absolute atomic E-state index is 0.0220. The molecule has 166 valence electrons. The smallest absolute Gasteiger partial charge is 0.407 e. The summed E-state index contributed by atoms with van der Waals surface area (Å²) in [5.74, 6) is -0.0220. The van der Waals surface area contributed by atoms with E-state index in [1.165, 1.54) is 6.07 Å². The molecule has 3 aromatic carbocycles. The van der Waals surface area contributed by atoms with Crippen LogP contribution < -0.4 is 11.1 Å². The number of anilines is 1. The molecule has 0 heterocycles. The molecule has 0 radical (unpaired) electrons. The standard InChI is InChI=1S/C25H25ClN2O4/c26-22-10-9-15(27)13-20(22)24(30)23(29)11-12-28-25(31)32-14-21-18-7-3-1-5-16(18)17-6-2-4-8-19(17)21/h1-10,13,21,23-24,29-30H,11-12,14,27H2,(H,28,31). The highest BCUT2D eigenvalue weighted by molar-refractivity contribution is 6.31. The number of nitrogen functional groups attached to an aromatic ring is 1. The predicted molar refractivity (Wildman–Crippen MR) is 125 cm³/mol. The second kappa shape index (κ2) is 9.61. The molecule has 1 aliphatic rings. The average molecular weight is 453 g/mol. The lowest BCUT2D eigenvalue weighted by molar-refractivity contribution is 0.0137. The number of benzene rings is 3. The lowest BCUT2D eigenvalue weighted by Gasteiger charge is -2.20. The third-order valence-corrected chi connectivity index (χ3v) is 6.10. The Morgan fingerprint density at radius 1 is 1.03 bits per heavy atom. The van der Waals surface area contributed by atoms with Gasteiger partial charge in [0.15, 0.2) is 0 Å². The van der Waals surface area contributed by atoms with Crippen LogP contribution in [0.4, 0.5) is 10.5 Å². The monoisotopic (exact) mass is 452 g/mol. The van der Waals surface area contributed by atoms with Crippen molar-refractivity contribution in [1.29, 1.82) is 0 Å². The molecule has 2 atom stereocenters. The van der Waals surface area contributed by atoms with Gasteiger partial charge < -0.3 is 26.0 Å². The summed E-state index contributed by atoms with van der Waals surface area (Å²) in [4.78, 5) is 12.2. The van der Waals surface area contributed by atoms with Crippen LogP contribution >= 0.6 is 11.6 Å². The van der Waals surface area contributed by atoms with Crippen LogP contribution in [0.2, 0.25) is 5.02 Å². The third-order valence-electron chi connectivity index (χ3n) is 5.76. The summed E-state index contributed by atoms with van der Waals surface area (Å²) in [5.41, 5.74) is 11.1. The Labute approximate surface area is 191 Å². The molecule has 1 aliphatic carbocycles. The van der Waals surface area contributed by atoms with E-state index in [1.807, 2.05) is 24.3 Å². The zero-order valence-corrected chi connectivity index (χ0v) is 18.1. The van der Waals surface area contributed by atoms with Crippen molar-refractivity contribution in [3.8, 4) is 11.1 Å². The van der Waals surface area contributed by atoms with Crippen LogP contribution in [0.1, 0.15) is 35.1 Å². The molecule has 5 N–H and O–H groups in total. The molecule has 4 rings (SSSR count). The fourth-order valence-electron chi connectivity index (χ4n) is 4.13. The van der Waals surface area contributed by atoms with Crippen molar-refractivity contribution in [3.05, 3.63) is 88.4 Å². The molecule has 0 aliphatic heterocycles. The number of carbonyl (C=O) groups excluding carboxylic acids is 1. The number of nitrogens with one attached hydrogen (secondary N) is 1. The van der Waals surface area contributed by atoms with Gasteiger partial charge in [-0.05, 0) is 46.9 Å². The number of ether oxygens (including phenoxy) is 1. The van der Waals surface area contributed by atoms with Gasteiger partial charge in [0.2, 0.25) is 0 Å². The summed E-state index contributed by atoms with van der Waals surface area (Å²) in [5, 5.41) is 23.6. The van der Waals surface area contributed by atoms with Gasteiger partial charge in [-0.3, -0.25) is 0 Å². The molecule has 7 heteroatoms. The Morgan fingerprint density at radius 2 is 1.66 bits per heavy atom. The average Bonchev–Trinajstić information content (AvgIpc) is 3.12.